The van der Waals surface area contributed by atoms with E-state index in [9.17, 15) is 0 Å². The van der Waals surface area contributed by atoms with Crippen LogP contribution in [0.25, 0.3) is 0 Å². The Balaban J connectivity index is 2.92. The van der Waals surface area contributed by atoms with Gasteiger partial charge in [-0.2, -0.15) is 0 Å². The van der Waals surface area contributed by atoms with E-state index in [-0.39, 0.29) is 6.04 Å². The van der Waals surface area contributed by atoms with Gasteiger partial charge in [0.05, 0.1) is 13.2 Å². The first kappa shape index (κ1) is 17.8. The molecule has 0 aliphatic rings. The third-order valence-electron chi connectivity index (χ3n) is 3.91. The van der Waals surface area contributed by atoms with E-state index in [1.54, 1.807) is 0 Å². The van der Waals surface area contributed by atoms with Crippen molar-refractivity contribution in [3.63, 3.8) is 0 Å². The summed E-state index contributed by atoms with van der Waals surface area (Å²) >= 11 is 0. The summed E-state index contributed by atoms with van der Waals surface area (Å²) in [6, 6.07) is 6.17. The number of unbranched alkanes of at least 4 members (excludes halogenated alkanes) is 1. The Labute approximate surface area is 129 Å². The van der Waals surface area contributed by atoms with Crippen LogP contribution in [0, 0.1) is 5.92 Å². The second-order valence-electron chi connectivity index (χ2n) is 5.41. The lowest BCUT2D eigenvalue weighted by Crippen LogP contribution is -2.21. The lowest BCUT2D eigenvalue weighted by Gasteiger charge is -2.24. The van der Waals surface area contributed by atoms with Gasteiger partial charge in [-0.1, -0.05) is 39.2 Å². The van der Waals surface area contributed by atoms with Gasteiger partial charge in [-0.3, -0.25) is 0 Å². The number of hydrogen-bond donors (Lipinski definition) is 1. The molecule has 1 rings (SSSR count). The highest BCUT2D eigenvalue weighted by molar-refractivity contribution is 5.44. The molecule has 0 aliphatic heterocycles. The smallest absolute Gasteiger partial charge is 0.161 e. The summed E-state index contributed by atoms with van der Waals surface area (Å²) in [5, 5.41) is 0. The fourth-order valence-corrected chi connectivity index (χ4v) is 2.65. The van der Waals surface area contributed by atoms with E-state index in [0.29, 0.717) is 19.1 Å². The van der Waals surface area contributed by atoms with Crippen LogP contribution in [0.15, 0.2) is 18.2 Å². The normalized spacial score (nSPS) is 13.8. The predicted molar refractivity (Wildman–Crippen MR) is 89.0 cm³/mol. The molecule has 0 radical (unpaired) electrons. The summed E-state index contributed by atoms with van der Waals surface area (Å²) in [4.78, 5) is 0. The molecule has 0 bridgehead atoms. The van der Waals surface area contributed by atoms with E-state index < -0.39 is 0 Å². The maximum Gasteiger partial charge on any atom is 0.161 e. The Morgan fingerprint density at radius 3 is 2.24 bits per heavy atom. The molecule has 120 valence electrons. The Hall–Kier alpha value is -1.22. The summed E-state index contributed by atoms with van der Waals surface area (Å²) in [5.41, 5.74) is 7.63. The van der Waals surface area contributed by atoms with Crippen molar-refractivity contribution in [3.8, 4) is 11.5 Å². The molecule has 0 saturated heterocycles. The Morgan fingerprint density at radius 1 is 1.00 bits per heavy atom. The van der Waals surface area contributed by atoms with Gasteiger partial charge in [0.2, 0.25) is 0 Å². The molecule has 0 aromatic heterocycles. The predicted octanol–water partition coefficient (Wildman–Crippen LogP) is 4.70. The Kier molecular flexibility index (Phi) is 8.21. The van der Waals surface area contributed by atoms with Crippen molar-refractivity contribution in [1.82, 2.24) is 0 Å². The molecule has 0 aliphatic carbocycles. The van der Waals surface area contributed by atoms with E-state index in [0.717, 1.165) is 23.5 Å². The topological polar surface area (TPSA) is 44.5 Å². The minimum absolute atomic E-state index is 0.0661. The zero-order valence-corrected chi connectivity index (χ0v) is 14.0. The molecule has 1 aromatic rings. The van der Waals surface area contributed by atoms with Crippen molar-refractivity contribution in [2.24, 2.45) is 11.7 Å². The third-order valence-corrected chi connectivity index (χ3v) is 3.91. The Morgan fingerprint density at radius 2 is 1.67 bits per heavy atom. The average molecular weight is 293 g/mol. The van der Waals surface area contributed by atoms with Gasteiger partial charge in [-0.25, -0.2) is 0 Å². The Bertz CT molecular complexity index is 406. The fourth-order valence-electron chi connectivity index (χ4n) is 2.65. The third kappa shape index (κ3) is 5.24. The summed E-state index contributed by atoms with van der Waals surface area (Å²) in [5.74, 6) is 2.13. The summed E-state index contributed by atoms with van der Waals surface area (Å²) in [7, 11) is 0. The molecular formula is C18H31NO2. The first-order chi connectivity index (χ1) is 10.2. The summed E-state index contributed by atoms with van der Waals surface area (Å²) < 4.78 is 11.3. The van der Waals surface area contributed by atoms with Crippen molar-refractivity contribution < 1.29 is 9.47 Å². The van der Waals surface area contributed by atoms with Crippen molar-refractivity contribution in [2.45, 2.75) is 59.4 Å². The van der Waals surface area contributed by atoms with Crippen LogP contribution >= 0.6 is 0 Å². The zero-order chi connectivity index (χ0) is 15.7. The van der Waals surface area contributed by atoms with Crippen LogP contribution in [0.1, 0.15) is 65.0 Å². The lowest BCUT2D eigenvalue weighted by atomic mass is 9.87. The fraction of sp³-hybridized carbons (Fsp3) is 0.667. The molecule has 3 heteroatoms. The standard InChI is InChI=1S/C18H31NO2/c1-5-9-10-14(6-2)18(19)15-11-12-16(20-7-3)17(13-15)21-8-4/h11-14,18H,5-10,19H2,1-4H3. The number of benzene rings is 1. The van der Waals surface area contributed by atoms with Gasteiger partial charge in [0.1, 0.15) is 0 Å². The van der Waals surface area contributed by atoms with Crippen molar-refractivity contribution in [1.29, 1.82) is 0 Å². The van der Waals surface area contributed by atoms with Gasteiger partial charge in [0.15, 0.2) is 11.5 Å². The van der Waals surface area contributed by atoms with Crippen molar-refractivity contribution >= 4 is 0 Å². The van der Waals surface area contributed by atoms with Crippen molar-refractivity contribution in [3.05, 3.63) is 23.8 Å². The maximum atomic E-state index is 6.48. The van der Waals surface area contributed by atoms with Crippen LogP contribution in [-0.2, 0) is 0 Å². The minimum Gasteiger partial charge on any atom is -0.490 e. The van der Waals surface area contributed by atoms with Crippen LogP contribution in [0.3, 0.4) is 0 Å². The second-order valence-corrected chi connectivity index (χ2v) is 5.41. The van der Waals surface area contributed by atoms with Gasteiger partial charge in [0.25, 0.3) is 0 Å². The first-order valence-electron chi connectivity index (χ1n) is 8.32. The average Bonchev–Trinajstić information content (AvgIpc) is 2.50. The van der Waals surface area contributed by atoms with Crippen molar-refractivity contribution in [2.75, 3.05) is 13.2 Å². The summed E-state index contributed by atoms with van der Waals surface area (Å²) in [6.07, 6.45) is 4.75. The molecule has 0 amide bonds. The number of hydrogen-bond acceptors (Lipinski definition) is 3. The number of rotatable bonds is 10. The highest BCUT2D eigenvalue weighted by Crippen LogP contribution is 2.34. The summed E-state index contributed by atoms with van der Waals surface area (Å²) in [6.45, 7) is 9.68. The highest BCUT2D eigenvalue weighted by atomic mass is 16.5. The first-order valence-corrected chi connectivity index (χ1v) is 8.32. The molecular weight excluding hydrogens is 262 g/mol. The molecule has 0 fully saturated rings. The maximum absolute atomic E-state index is 6.48. The van der Waals surface area contributed by atoms with Crippen LogP contribution in [-0.4, -0.2) is 13.2 Å². The molecule has 2 N–H and O–H groups in total. The highest BCUT2D eigenvalue weighted by Gasteiger charge is 2.19. The van der Waals surface area contributed by atoms with Gasteiger partial charge in [-0.15, -0.1) is 0 Å². The van der Waals surface area contributed by atoms with Gasteiger partial charge >= 0.3 is 0 Å². The molecule has 1 aromatic carbocycles. The largest absolute Gasteiger partial charge is 0.490 e. The molecule has 0 heterocycles. The molecule has 2 atom stereocenters. The quantitative estimate of drug-likeness (QED) is 0.680. The van der Waals surface area contributed by atoms with E-state index in [2.05, 4.69) is 19.9 Å². The van der Waals surface area contributed by atoms with Gasteiger partial charge in [0, 0.05) is 6.04 Å². The number of nitrogens with two attached hydrogens (primary N) is 1. The van der Waals surface area contributed by atoms with Gasteiger partial charge < -0.3 is 15.2 Å². The van der Waals surface area contributed by atoms with E-state index in [4.69, 9.17) is 15.2 Å². The van der Waals surface area contributed by atoms with E-state index in [1.807, 2.05) is 26.0 Å². The van der Waals surface area contributed by atoms with Crippen LogP contribution in [0.5, 0.6) is 11.5 Å². The molecule has 0 saturated carbocycles. The minimum atomic E-state index is 0.0661. The van der Waals surface area contributed by atoms with Gasteiger partial charge in [-0.05, 0) is 43.9 Å². The number of ether oxygens (including phenoxy) is 2. The van der Waals surface area contributed by atoms with Crippen LogP contribution in [0.4, 0.5) is 0 Å². The van der Waals surface area contributed by atoms with E-state index in [1.165, 1.54) is 19.3 Å². The second kappa shape index (κ2) is 9.67. The monoisotopic (exact) mass is 293 g/mol. The molecule has 21 heavy (non-hydrogen) atoms. The van der Waals surface area contributed by atoms with E-state index >= 15 is 0 Å². The lowest BCUT2D eigenvalue weighted by molar-refractivity contribution is 0.286. The SMILES string of the molecule is CCCCC(CC)C(N)c1ccc(OCC)c(OCC)c1. The zero-order valence-electron chi connectivity index (χ0n) is 14.0. The molecule has 2 unspecified atom stereocenters. The molecule has 0 spiro atoms. The molecule has 3 nitrogen and oxygen atoms in total. The van der Waals surface area contributed by atoms with Crippen LogP contribution < -0.4 is 15.2 Å². The van der Waals surface area contributed by atoms with Crippen LogP contribution in [0.2, 0.25) is 0 Å².